The zero-order valence-corrected chi connectivity index (χ0v) is 18.5. The van der Waals surface area contributed by atoms with Crippen LogP contribution in [0.4, 0.5) is 4.39 Å². The molecule has 0 spiro atoms. The molecule has 1 aromatic heterocycles. The molecule has 1 aliphatic heterocycles. The van der Waals surface area contributed by atoms with Gasteiger partial charge >= 0.3 is 0 Å². The van der Waals surface area contributed by atoms with E-state index in [1.54, 1.807) is 25.4 Å². The smallest absolute Gasteiger partial charge is 0.203 e. The topological polar surface area (TPSA) is 56.1 Å². The van der Waals surface area contributed by atoms with Crippen LogP contribution in [0.2, 0.25) is 0 Å². The molecular weight excluding hydrogens is 411 g/mol. The van der Waals surface area contributed by atoms with Crippen molar-refractivity contribution in [3.63, 3.8) is 0 Å². The SMILES string of the molecule is COc1ccc(-n2ccc(-c3ccc(OC)c(OCCN4CCCCC4)c3)c2O)cc1F. The van der Waals surface area contributed by atoms with Crippen LogP contribution in [0.5, 0.6) is 23.1 Å². The van der Waals surface area contributed by atoms with Crippen LogP contribution in [0.1, 0.15) is 19.3 Å². The minimum atomic E-state index is -0.492. The number of ether oxygens (including phenoxy) is 3. The summed E-state index contributed by atoms with van der Waals surface area (Å²) in [5.41, 5.74) is 1.90. The number of hydrogen-bond donors (Lipinski definition) is 1. The number of benzene rings is 2. The summed E-state index contributed by atoms with van der Waals surface area (Å²) in [6, 6.07) is 11.9. The summed E-state index contributed by atoms with van der Waals surface area (Å²) < 4.78 is 32.1. The summed E-state index contributed by atoms with van der Waals surface area (Å²) in [6.07, 6.45) is 5.49. The van der Waals surface area contributed by atoms with Crippen LogP contribution in [-0.2, 0) is 0 Å². The van der Waals surface area contributed by atoms with Gasteiger partial charge in [-0.3, -0.25) is 9.47 Å². The molecule has 0 atom stereocenters. The second kappa shape index (κ2) is 9.96. The van der Waals surface area contributed by atoms with Gasteiger partial charge in [-0.15, -0.1) is 0 Å². The van der Waals surface area contributed by atoms with E-state index >= 15 is 0 Å². The van der Waals surface area contributed by atoms with E-state index in [0.717, 1.165) is 25.2 Å². The molecule has 1 aliphatic rings. The first kappa shape index (κ1) is 22.0. The Labute approximate surface area is 187 Å². The third-order valence-electron chi connectivity index (χ3n) is 5.86. The van der Waals surface area contributed by atoms with Crippen LogP contribution in [0.3, 0.4) is 0 Å². The van der Waals surface area contributed by atoms with Crippen molar-refractivity contribution in [1.29, 1.82) is 0 Å². The molecule has 1 fully saturated rings. The van der Waals surface area contributed by atoms with Gasteiger partial charge in [0.15, 0.2) is 23.1 Å². The molecule has 7 heteroatoms. The lowest BCUT2D eigenvalue weighted by Crippen LogP contribution is -2.33. The van der Waals surface area contributed by atoms with Crippen LogP contribution in [0.15, 0.2) is 48.7 Å². The van der Waals surface area contributed by atoms with E-state index < -0.39 is 5.82 Å². The number of piperidine rings is 1. The molecule has 0 unspecified atom stereocenters. The second-order valence-electron chi connectivity index (χ2n) is 7.86. The van der Waals surface area contributed by atoms with Crippen LogP contribution in [-0.4, -0.2) is 55.0 Å². The van der Waals surface area contributed by atoms with E-state index in [4.69, 9.17) is 14.2 Å². The Bertz CT molecular complexity index is 1060. The van der Waals surface area contributed by atoms with Crippen LogP contribution < -0.4 is 14.2 Å². The normalized spacial score (nSPS) is 14.3. The number of methoxy groups -OCH3 is 2. The van der Waals surface area contributed by atoms with Crippen molar-refractivity contribution in [2.75, 3.05) is 40.5 Å². The van der Waals surface area contributed by atoms with Crippen molar-refractivity contribution < 1.29 is 23.7 Å². The summed E-state index contributed by atoms with van der Waals surface area (Å²) in [4.78, 5) is 2.42. The fraction of sp³-hybridized carbons (Fsp3) is 0.360. The van der Waals surface area contributed by atoms with E-state index in [1.807, 2.05) is 18.2 Å². The van der Waals surface area contributed by atoms with Gasteiger partial charge in [-0.05, 0) is 61.8 Å². The highest BCUT2D eigenvalue weighted by Crippen LogP contribution is 2.38. The molecule has 170 valence electrons. The maximum Gasteiger partial charge on any atom is 0.203 e. The Morgan fingerprint density at radius 3 is 2.38 bits per heavy atom. The third-order valence-corrected chi connectivity index (χ3v) is 5.86. The maximum absolute atomic E-state index is 14.1. The first-order valence-corrected chi connectivity index (χ1v) is 10.9. The van der Waals surface area contributed by atoms with Gasteiger partial charge in [0.1, 0.15) is 6.61 Å². The van der Waals surface area contributed by atoms with Crippen molar-refractivity contribution in [3.05, 3.63) is 54.5 Å². The van der Waals surface area contributed by atoms with Gasteiger partial charge in [0.25, 0.3) is 0 Å². The van der Waals surface area contributed by atoms with E-state index in [-0.39, 0.29) is 11.6 Å². The zero-order chi connectivity index (χ0) is 22.5. The average molecular weight is 441 g/mol. The van der Waals surface area contributed by atoms with Crippen molar-refractivity contribution in [1.82, 2.24) is 9.47 Å². The fourth-order valence-corrected chi connectivity index (χ4v) is 4.09. The quantitative estimate of drug-likeness (QED) is 0.542. The van der Waals surface area contributed by atoms with Crippen molar-refractivity contribution in [2.45, 2.75) is 19.3 Å². The molecule has 32 heavy (non-hydrogen) atoms. The molecule has 4 rings (SSSR count). The summed E-state index contributed by atoms with van der Waals surface area (Å²) >= 11 is 0. The minimum Gasteiger partial charge on any atom is -0.494 e. The number of halogens is 1. The third kappa shape index (κ3) is 4.67. The number of aromatic nitrogens is 1. The van der Waals surface area contributed by atoms with E-state index in [0.29, 0.717) is 29.4 Å². The molecule has 1 N–H and O–H groups in total. The Balaban J connectivity index is 1.54. The Morgan fingerprint density at radius 1 is 0.906 bits per heavy atom. The summed E-state index contributed by atoms with van der Waals surface area (Å²) in [7, 11) is 3.03. The summed E-state index contributed by atoms with van der Waals surface area (Å²) in [5, 5.41) is 10.8. The molecule has 0 saturated carbocycles. The van der Waals surface area contributed by atoms with Gasteiger partial charge < -0.3 is 19.3 Å². The largest absolute Gasteiger partial charge is 0.494 e. The van der Waals surface area contributed by atoms with Gasteiger partial charge in [-0.25, -0.2) is 4.39 Å². The highest BCUT2D eigenvalue weighted by Gasteiger charge is 2.16. The molecule has 2 aromatic carbocycles. The van der Waals surface area contributed by atoms with E-state index in [2.05, 4.69) is 4.90 Å². The lowest BCUT2D eigenvalue weighted by molar-refractivity contribution is 0.180. The lowest BCUT2D eigenvalue weighted by Gasteiger charge is -2.26. The molecular formula is C25H29FN2O4. The molecule has 3 aromatic rings. The first-order valence-electron chi connectivity index (χ1n) is 10.9. The molecule has 1 saturated heterocycles. The van der Waals surface area contributed by atoms with Crippen molar-refractivity contribution in [2.24, 2.45) is 0 Å². The highest BCUT2D eigenvalue weighted by molar-refractivity contribution is 5.72. The molecule has 2 heterocycles. The van der Waals surface area contributed by atoms with Crippen molar-refractivity contribution in [3.8, 4) is 39.9 Å². The van der Waals surface area contributed by atoms with E-state index in [9.17, 15) is 9.50 Å². The van der Waals surface area contributed by atoms with Crippen LogP contribution in [0.25, 0.3) is 16.8 Å². The molecule has 0 bridgehead atoms. The predicted molar refractivity (Wildman–Crippen MR) is 122 cm³/mol. The molecule has 0 aliphatic carbocycles. The average Bonchev–Trinajstić information content (AvgIpc) is 3.21. The fourth-order valence-electron chi connectivity index (χ4n) is 4.09. The number of hydrogen-bond acceptors (Lipinski definition) is 5. The maximum atomic E-state index is 14.1. The minimum absolute atomic E-state index is 0.0130. The Morgan fingerprint density at radius 2 is 1.66 bits per heavy atom. The summed E-state index contributed by atoms with van der Waals surface area (Å²) in [6.45, 7) is 3.68. The first-order chi connectivity index (χ1) is 15.6. The number of likely N-dealkylation sites (tertiary alicyclic amines) is 1. The lowest BCUT2D eigenvalue weighted by atomic mass is 10.1. The molecule has 6 nitrogen and oxygen atoms in total. The zero-order valence-electron chi connectivity index (χ0n) is 18.5. The highest BCUT2D eigenvalue weighted by atomic mass is 19.1. The number of nitrogens with zero attached hydrogens (tertiary/aromatic N) is 2. The monoisotopic (exact) mass is 440 g/mol. The standard InChI is InChI=1S/C25H29FN2O4/c1-30-22-9-7-19(17-21(22)26)28-13-10-20(25(28)29)18-6-8-23(31-2)24(16-18)32-15-14-27-11-4-3-5-12-27/h6-10,13,16-17,29H,3-5,11-12,14-15H2,1-2H3. The molecule has 0 radical (unpaired) electrons. The number of rotatable bonds is 8. The Hall–Kier alpha value is -3.19. The van der Waals surface area contributed by atoms with Gasteiger partial charge in [0, 0.05) is 24.4 Å². The Kier molecular flexibility index (Phi) is 6.85. The van der Waals surface area contributed by atoms with Crippen molar-refractivity contribution >= 4 is 0 Å². The van der Waals surface area contributed by atoms with E-state index in [1.165, 1.54) is 43.1 Å². The van der Waals surface area contributed by atoms with Crippen LogP contribution >= 0.6 is 0 Å². The van der Waals surface area contributed by atoms with Crippen LogP contribution in [0, 0.1) is 5.82 Å². The number of aromatic hydroxyl groups is 1. The van der Waals surface area contributed by atoms with Gasteiger partial charge in [0.2, 0.25) is 5.88 Å². The van der Waals surface area contributed by atoms with Gasteiger partial charge in [-0.1, -0.05) is 12.5 Å². The second-order valence-corrected chi connectivity index (χ2v) is 7.86. The predicted octanol–water partition coefficient (Wildman–Crippen LogP) is 4.87. The summed E-state index contributed by atoms with van der Waals surface area (Å²) in [5.74, 6) is 0.947. The van der Waals surface area contributed by atoms with Gasteiger partial charge in [-0.2, -0.15) is 0 Å². The molecule has 0 amide bonds. The van der Waals surface area contributed by atoms with Gasteiger partial charge in [0.05, 0.1) is 19.9 Å².